The summed E-state index contributed by atoms with van der Waals surface area (Å²) in [7, 11) is 3.19. The number of rotatable bonds is 4. The van der Waals surface area contributed by atoms with Gasteiger partial charge in [-0.3, -0.25) is 0 Å². The molecule has 0 spiro atoms. The molecular weight excluding hydrogens is 343 g/mol. The number of nitrogens with zero attached hydrogens (tertiary/aromatic N) is 1. The molecule has 0 saturated carbocycles. The van der Waals surface area contributed by atoms with Gasteiger partial charge in [-0.1, -0.05) is 0 Å². The molecule has 1 N–H and O–H groups in total. The Kier molecular flexibility index (Phi) is 4.24. The molecule has 1 aromatic heterocycles. The summed E-state index contributed by atoms with van der Waals surface area (Å²) in [5, 5.41) is 3.21. The molecule has 1 aromatic carbocycles. The molecule has 0 fully saturated rings. The van der Waals surface area contributed by atoms with Gasteiger partial charge in [0.2, 0.25) is 5.88 Å². The SMILES string of the molecule is COc1cc(Nc2ccc(I)cc2)nc(OC)c1. The average molecular weight is 356 g/mol. The van der Waals surface area contributed by atoms with Crippen molar-refractivity contribution in [2.75, 3.05) is 19.5 Å². The zero-order valence-electron chi connectivity index (χ0n) is 10.1. The summed E-state index contributed by atoms with van der Waals surface area (Å²) in [4.78, 5) is 4.30. The quantitative estimate of drug-likeness (QED) is 0.853. The van der Waals surface area contributed by atoms with E-state index in [0.717, 1.165) is 5.69 Å². The van der Waals surface area contributed by atoms with Crippen LogP contribution in [-0.4, -0.2) is 19.2 Å². The van der Waals surface area contributed by atoms with Gasteiger partial charge in [0.05, 0.1) is 14.2 Å². The van der Waals surface area contributed by atoms with Crippen LogP contribution in [0, 0.1) is 3.57 Å². The number of pyridine rings is 1. The first kappa shape index (κ1) is 12.9. The van der Waals surface area contributed by atoms with Crippen LogP contribution in [0.2, 0.25) is 0 Å². The Morgan fingerprint density at radius 1 is 1.06 bits per heavy atom. The third-order valence-electron chi connectivity index (χ3n) is 2.34. The molecule has 2 rings (SSSR count). The van der Waals surface area contributed by atoms with Crippen LogP contribution in [0.15, 0.2) is 36.4 Å². The van der Waals surface area contributed by atoms with Crippen LogP contribution in [0.3, 0.4) is 0 Å². The van der Waals surface area contributed by atoms with E-state index in [1.807, 2.05) is 30.3 Å². The summed E-state index contributed by atoms with van der Waals surface area (Å²) in [6.45, 7) is 0. The summed E-state index contributed by atoms with van der Waals surface area (Å²) >= 11 is 2.27. The van der Waals surface area contributed by atoms with E-state index in [1.165, 1.54) is 3.57 Å². The highest BCUT2D eigenvalue weighted by Gasteiger charge is 2.03. The maximum absolute atomic E-state index is 5.19. The second-order valence-corrected chi connectivity index (χ2v) is 4.81. The van der Waals surface area contributed by atoms with Gasteiger partial charge in [0.15, 0.2) is 0 Å². The third kappa shape index (κ3) is 3.25. The molecule has 2 aromatic rings. The minimum absolute atomic E-state index is 0.516. The van der Waals surface area contributed by atoms with Crippen LogP contribution in [-0.2, 0) is 0 Å². The topological polar surface area (TPSA) is 43.4 Å². The molecule has 4 nitrogen and oxygen atoms in total. The summed E-state index contributed by atoms with van der Waals surface area (Å²) in [6, 6.07) is 11.6. The maximum Gasteiger partial charge on any atom is 0.218 e. The summed E-state index contributed by atoms with van der Waals surface area (Å²) in [6.07, 6.45) is 0. The van der Waals surface area contributed by atoms with Crippen LogP contribution in [0.4, 0.5) is 11.5 Å². The summed E-state index contributed by atoms with van der Waals surface area (Å²) in [5.41, 5.74) is 0.971. The lowest BCUT2D eigenvalue weighted by Gasteiger charge is -2.09. The Bertz CT molecular complexity index is 507. The van der Waals surface area contributed by atoms with Crippen LogP contribution >= 0.6 is 22.6 Å². The average Bonchev–Trinajstić information content (AvgIpc) is 2.41. The standard InChI is InChI=1S/C13H13IN2O2/c1-17-11-7-12(16-13(8-11)18-2)15-10-5-3-9(14)4-6-10/h3-8H,1-2H3,(H,15,16). The minimum atomic E-state index is 0.516. The van der Waals surface area contributed by atoms with Gasteiger partial charge in [0.1, 0.15) is 11.6 Å². The van der Waals surface area contributed by atoms with Crippen LogP contribution < -0.4 is 14.8 Å². The van der Waals surface area contributed by atoms with Gasteiger partial charge in [-0.05, 0) is 46.9 Å². The van der Waals surface area contributed by atoms with Crippen molar-refractivity contribution in [1.29, 1.82) is 0 Å². The number of ether oxygens (including phenoxy) is 2. The Balaban J connectivity index is 2.25. The molecule has 0 saturated heterocycles. The molecule has 94 valence electrons. The molecule has 0 amide bonds. The first-order valence-corrected chi connectivity index (χ1v) is 6.42. The predicted molar refractivity (Wildman–Crippen MR) is 79.8 cm³/mol. The lowest BCUT2D eigenvalue weighted by Crippen LogP contribution is -1.97. The van der Waals surface area contributed by atoms with Crippen molar-refractivity contribution in [2.45, 2.75) is 0 Å². The van der Waals surface area contributed by atoms with E-state index in [4.69, 9.17) is 9.47 Å². The van der Waals surface area contributed by atoms with E-state index in [2.05, 4.69) is 32.9 Å². The zero-order valence-corrected chi connectivity index (χ0v) is 12.3. The molecule has 0 aliphatic carbocycles. The fraction of sp³-hybridized carbons (Fsp3) is 0.154. The van der Waals surface area contributed by atoms with Crippen LogP contribution in [0.1, 0.15) is 0 Å². The van der Waals surface area contributed by atoms with Gasteiger partial charge in [0.25, 0.3) is 0 Å². The Morgan fingerprint density at radius 2 is 1.78 bits per heavy atom. The number of methoxy groups -OCH3 is 2. The molecule has 0 atom stereocenters. The van der Waals surface area contributed by atoms with E-state index < -0.39 is 0 Å². The first-order chi connectivity index (χ1) is 8.71. The van der Waals surface area contributed by atoms with Crippen molar-refractivity contribution >= 4 is 34.1 Å². The Morgan fingerprint density at radius 3 is 2.39 bits per heavy atom. The Labute approximate surface area is 119 Å². The highest BCUT2D eigenvalue weighted by molar-refractivity contribution is 14.1. The van der Waals surface area contributed by atoms with Crippen LogP contribution in [0.5, 0.6) is 11.6 Å². The fourth-order valence-electron chi connectivity index (χ4n) is 1.45. The second-order valence-electron chi connectivity index (χ2n) is 3.57. The van der Waals surface area contributed by atoms with Gasteiger partial charge < -0.3 is 14.8 Å². The summed E-state index contributed by atoms with van der Waals surface area (Å²) in [5.74, 6) is 1.91. The van der Waals surface area contributed by atoms with Gasteiger partial charge in [-0.25, -0.2) is 0 Å². The van der Waals surface area contributed by atoms with Crippen molar-refractivity contribution in [3.8, 4) is 11.6 Å². The summed E-state index contributed by atoms with van der Waals surface area (Å²) < 4.78 is 11.5. The molecule has 0 radical (unpaired) electrons. The van der Waals surface area contributed by atoms with E-state index in [1.54, 1.807) is 20.3 Å². The van der Waals surface area contributed by atoms with Gasteiger partial charge in [0, 0.05) is 21.4 Å². The monoisotopic (exact) mass is 356 g/mol. The molecule has 18 heavy (non-hydrogen) atoms. The minimum Gasteiger partial charge on any atom is -0.496 e. The van der Waals surface area contributed by atoms with Crippen LogP contribution in [0.25, 0.3) is 0 Å². The lowest BCUT2D eigenvalue weighted by atomic mass is 10.3. The van der Waals surface area contributed by atoms with E-state index in [9.17, 15) is 0 Å². The number of hydrogen-bond donors (Lipinski definition) is 1. The number of anilines is 2. The molecule has 5 heteroatoms. The largest absolute Gasteiger partial charge is 0.496 e. The van der Waals surface area contributed by atoms with Gasteiger partial charge in [-0.15, -0.1) is 0 Å². The number of halogens is 1. The van der Waals surface area contributed by atoms with E-state index in [-0.39, 0.29) is 0 Å². The number of nitrogens with one attached hydrogen (secondary N) is 1. The van der Waals surface area contributed by atoms with Crippen molar-refractivity contribution in [2.24, 2.45) is 0 Å². The van der Waals surface area contributed by atoms with Gasteiger partial charge >= 0.3 is 0 Å². The highest BCUT2D eigenvalue weighted by Crippen LogP contribution is 2.24. The van der Waals surface area contributed by atoms with E-state index >= 15 is 0 Å². The highest BCUT2D eigenvalue weighted by atomic mass is 127. The molecule has 0 aliphatic rings. The molecule has 0 bridgehead atoms. The van der Waals surface area contributed by atoms with E-state index in [0.29, 0.717) is 17.4 Å². The Hall–Kier alpha value is -1.50. The molecule has 0 aliphatic heterocycles. The normalized spacial score (nSPS) is 9.94. The van der Waals surface area contributed by atoms with Crippen molar-refractivity contribution in [3.63, 3.8) is 0 Å². The smallest absolute Gasteiger partial charge is 0.218 e. The predicted octanol–water partition coefficient (Wildman–Crippen LogP) is 3.45. The van der Waals surface area contributed by atoms with Crippen molar-refractivity contribution in [1.82, 2.24) is 4.98 Å². The fourth-order valence-corrected chi connectivity index (χ4v) is 1.81. The van der Waals surface area contributed by atoms with Crippen molar-refractivity contribution < 1.29 is 9.47 Å². The lowest BCUT2D eigenvalue weighted by molar-refractivity contribution is 0.383. The number of aromatic nitrogens is 1. The number of benzene rings is 1. The van der Waals surface area contributed by atoms with Crippen molar-refractivity contribution in [3.05, 3.63) is 40.0 Å². The molecule has 0 unspecified atom stereocenters. The second kappa shape index (κ2) is 5.90. The molecule has 1 heterocycles. The van der Waals surface area contributed by atoms with Gasteiger partial charge in [-0.2, -0.15) is 4.98 Å². The zero-order chi connectivity index (χ0) is 13.0. The molecular formula is C13H13IN2O2. The third-order valence-corrected chi connectivity index (χ3v) is 3.06. The first-order valence-electron chi connectivity index (χ1n) is 5.34. The maximum atomic E-state index is 5.19. The number of hydrogen-bond acceptors (Lipinski definition) is 4.